The van der Waals surface area contributed by atoms with Crippen LogP contribution in [0.25, 0.3) is 0 Å². The first-order chi connectivity index (χ1) is 5.83. The van der Waals surface area contributed by atoms with Gasteiger partial charge in [0.15, 0.2) is 0 Å². The van der Waals surface area contributed by atoms with E-state index in [-0.39, 0.29) is 0 Å². The van der Waals surface area contributed by atoms with E-state index in [0.717, 1.165) is 11.8 Å². The molecule has 1 aliphatic rings. The van der Waals surface area contributed by atoms with Gasteiger partial charge >= 0.3 is 0 Å². The van der Waals surface area contributed by atoms with Gasteiger partial charge in [0.1, 0.15) is 0 Å². The minimum absolute atomic E-state index is 0.358. The zero-order valence-electron chi connectivity index (χ0n) is 7.55. The molecule has 0 aliphatic carbocycles. The second-order valence-corrected chi connectivity index (χ2v) is 4.71. The molecule has 0 aromatic rings. The highest BCUT2D eigenvalue weighted by Gasteiger charge is 2.15. The molecule has 0 bridgehead atoms. The summed E-state index contributed by atoms with van der Waals surface area (Å²) < 4.78 is 0. The number of nitrogens with zero attached hydrogens (tertiary/aromatic N) is 1. The van der Waals surface area contributed by atoms with E-state index in [1.54, 1.807) is 0 Å². The molecule has 0 amide bonds. The van der Waals surface area contributed by atoms with E-state index in [0.29, 0.717) is 12.5 Å². The summed E-state index contributed by atoms with van der Waals surface area (Å²) in [5.74, 6) is 1.32. The van der Waals surface area contributed by atoms with Crippen molar-refractivity contribution in [1.29, 1.82) is 5.26 Å². The van der Waals surface area contributed by atoms with Gasteiger partial charge in [-0.05, 0) is 25.5 Å². The standard InChI is InChI=1S/C9H16N2S/c1-8(4-5-10)11-7-9-3-2-6-12-9/h8-9,11H,2-4,6-7H2,1H3. The molecule has 2 nitrogen and oxygen atoms in total. The molecule has 0 spiro atoms. The van der Waals surface area contributed by atoms with Crippen molar-refractivity contribution in [3.63, 3.8) is 0 Å². The quantitative estimate of drug-likeness (QED) is 0.723. The Labute approximate surface area is 78.7 Å². The molecular formula is C9H16N2S. The maximum absolute atomic E-state index is 8.43. The highest BCUT2D eigenvalue weighted by molar-refractivity contribution is 8.00. The second-order valence-electron chi connectivity index (χ2n) is 3.31. The van der Waals surface area contributed by atoms with Gasteiger partial charge in [0.05, 0.1) is 12.5 Å². The fourth-order valence-electron chi connectivity index (χ4n) is 1.35. The Kier molecular flexibility index (Phi) is 4.49. The molecule has 68 valence electrons. The lowest BCUT2D eigenvalue weighted by Crippen LogP contribution is -2.31. The van der Waals surface area contributed by atoms with Gasteiger partial charge in [-0.3, -0.25) is 0 Å². The van der Waals surface area contributed by atoms with Crippen LogP contribution in [0.1, 0.15) is 26.2 Å². The van der Waals surface area contributed by atoms with Crippen LogP contribution < -0.4 is 5.32 Å². The van der Waals surface area contributed by atoms with E-state index in [1.807, 2.05) is 0 Å². The average Bonchev–Trinajstić information content (AvgIpc) is 2.53. The first-order valence-corrected chi connectivity index (χ1v) is 5.59. The Hall–Kier alpha value is -0.200. The lowest BCUT2D eigenvalue weighted by molar-refractivity contribution is 0.545. The van der Waals surface area contributed by atoms with Crippen molar-refractivity contribution in [2.24, 2.45) is 0 Å². The topological polar surface area (TPSA) is 35.8 Å². The first-order valence-electron chi connectivity index (χ1n) is 4.55. The summed E-state index contributed by atoms with van der Waals surface area (Å²) in [6.07, 6.45) is 3.33. The normalized spacial score (nSPS) is 25.2. The van der Waals surface area contributed by atoms with E-state index in [1.165, 1.54) is 18.6 Å². The first kappa shape index (κ1) is 9.88. The third-order valence-electron chi connectivity index (χ3n) is 2.12. The zero-order chi connectivity index (χ0) is 8.81. The van der Waals surface area contributed by atoms with Gasteiger partial charge in [-0.15, -0.1) is 0 Å². The Morgan fingerprint density at radius 1 is 1.75 bits per heavy atom. The lowest BCUT2D eigenvalue weighted by atomic mass is 10.2. The maximum Gasteiger partial charge on any atom is 0.0638 e. The molecular weight excluding hydrogens is 168 g/mol. The molecule has 3 heteroatoms. The van der Waals surface area contributed by atoms with Gasteiger partial charge in [0, 0.05) is 17.8 Å². The molecule has 1 saturated heterocycles. The molecule has 0 aromatic heterocycles. The monoisotopic (exact) mass is 184 g/mol. The van der Waals surface area contributed by atoms with E-state index in [4.69, 9.17) is 5.26 Å². The van der Waals surface area contributed by atoms with E-state index in [9.17, 15) is 0 Å². The van der Waals surface area contributed by atoms with E-state index < -0.39 is 0 Å². The largest absolute Gasteiger partial charge is 0.312 e. The summed E-state index contributed by atoms with van der Waals surface area (Å²) >= 11 is 2.06. The van der Waals surface area contributed by atoms with Gasteiger partial charge < -0.3 is 5.32 Å². The summed E-state index contributed by atoms with van der Waals surface area (Å²) in [7, 11) is 0. The third-order valence-corrected chi connectivity index (χ3v) is 3.51. The Balaban J connectivity index is 2.04. The predicted octanol–water partition coefficient (Wildman–Crippen LogP) is 1.77. The Bertz CT molecular complexity index is 158. The molecule has 0 aromatic carbocycles. The predicted molar refractivity (Wildman–Crippen MR) is 53.2 cm³/mol. The van der Waals surface area contributed by atoms with Crippen molar-refractivity contribution >= 4 is 11.8 Å². The van der Waals surface area contributed by atoms with Crippen LogP contribution in [-0.2, 0) is 0 Å². The van der Waals surface area contributed by atoms with E-state index in [2.05, 4.69) is 30.1 Å². The molecule has 2 atom stereocenters. The lowest BCUT2D eigenvalue weighted by Gasteiger charge is -2.13. The van der Waals surface area contributed by atoms with Gasteiger partial charge in [-0.2, -0.15) is 17.0 Å². The van der Waals surface area contributed by atoms with Gasteiger partial charge in [0.2, 0.25) is 0 Å². The van der Waals surface area contributed by atoms with Crippen LogP contribution in [0.5, 0.6) is 0 Å². The molecule has 2 unspecified atom stereocenters. The summed E-state index contributed by atoms with van der Waals surface area (Å²) in [5, 5.41) is 12.6. The van der Waals surface area contributed by atoms with Crippen molar-refractivity contribution in [2.45, 2.75) is 37.5 Å². The zero-order valence-corrected chi connectivity index (χ0v) is 8.36. The summed E-state index contributed by atoms with van der Waals surface area (Å²) in [5.41, 5.74) is 0. The number of thioether (sulfide) groups is 1. The van der Waals surface area contributed by atoms with Crippen LogP contribution in [-0.4, -0.2) is 23.6 Å². The van der Waals surface area contributed by atoms with Crippen LogP contribution in [0, 0.1) is 11.3 Å². The molecule has 1 heterocycles. The summed E-state index contributed by atoms with van der Waals surface area (Å²) in [6, 6.07) is 2.53. The Morgan fingerprint density at radius 2 is 2.58 bits per heavy atom. The molecule has 1 fully saturated rings. The number of hydrogen-bond donors (Lipinski definition) is 1. The number of hydrogen-bond acceptors (Lipinski definition) is 3. The molecule has 1 N–H and O–H groups in total. The van der Waals surface area contributed by atoms with Gasteiger partial charge in [-0.1, -0.05) is 0 Å². The summed E-state index contributed by atoms with van der Waals surface area (Å²) in [4.78, 5) is 0. The summed E-state index contributed by atoms with van der Waals surface area (Å²) in [6.45, 7) is 3.15. The molecule has 0 saturated carbocycles. The molecule has 1 rings (SSSR count). The number of nitrogens with one attached hydrogen (secondary N) is 1. The van der Waals surface area contributed by atoms with Gasteiger partial charge in [-0.25, -0.2) is 0 Å². The Morgan fingerprint density at radius 3 is 3.17 bits per heavy atom. The van der Waals surface area contributed by atoms with Crippen LogP contribution in [0.3, 0.4) is 0 Å². The van der Waals surface area contributed by atoms with Crippen molar-refractivity contribution in [2.75, 3.05) is 12.3 Å². The third kappa shape index (κ3) is 3.46. The van der Waals surface area contributed by atoms with E-state index >= 15 is 0 Å². The minimum Gasteiger partial charge on any atom is -0.312 e. The van der Waals surface area contributed by atoms with Crippen molar-refractivity contribution in [1.82, 2.24) is 5.32 Å². The molecule has 12 heavy (non-hydrogen) atoms. The van der Waals surface area contributed by atoms with Crippen LogP contribution in [0.15, 0.2) is 0 Å². The van der Waals surface area contributed by atoms with Crippen LogP contribution in [0.4, 0.5) is 0 Å². The van der Waals surface area contributed by atoms with Crippen molar-refractivity contribution in [3.8, 4) is 6.07 Å². The SMILES string of the molecule is CC(CC#N)NCC1CCCS1. The minimum atomic E-state index is 0.358. The molecule has 1 aliphatic heterocycles. The van der Waals surface area contributed by atoms with Crippen molar-refractivity contribution in [3.05, 3.63) is 0 Å². The maximum atomic E-state index is 8.43. The highest BCUT2D eigenvalue weighted by atomic mass is 32.2. The smallest absolute Gasteiger partial charge is 0.0638 e. The fourth-order valence-corrected chi connectivity index (χ4v) is 2.56. The highest BCUT2D eigenvalue weighted by Crippen LogP contribution is 2.25. The number of nitriles is 1. The fraction of sp³-hybridized carbons (Fsp3) is 0.889. The van der Waals surface area contributed by atoms with Crippen LogP contribution >= 0.6 is 11.8 Å². The van der Waals surface area contributed by atoms with Crippen molar-refractivity contribution < 1.29 is 0 Å². The number of rotatable bonds is 4. The molecule has 0 radical (unpaired) electrons. The van der Waals surface area contributed by atoms with Crippen LogP contribution in [0.2, 0.25) is 0 Å². The second kappa shape index (κ2) is 5.45. The van der Waals surface area contributed by atoms with Gasteiger partial charge in [0.25, 0.3) is 0 Å². The average molecular weight is 184 g/mol.